The van der Waals surface area contributed by atoms with E-state index in [1.807, 2.05) is 32.9 Å². The van der Waals surface area contributed by atoms with E-state index in [1.165, 1.54) is 5.56 Å². The Bertz CT molecular complexity index is 532. The lowest BCUT2D eigenvalue weighted by Gasteiger charge is -2.26. The van der Waals surface area contributed by atoms with E-state index in [0.29, 0.717) is 6.42 Å². The van der Waals surface area contributed by atoms with Crippen molar-refractivity contribution in [2.24, 2.45) is 0 Å². The predicted molar refractivity (Wildman–Crippen MR) is 73.4 cm³/mol. The molecule has 1 atom stereocenters. The van der Waals surface area contributed by atoms with Gasteiger partial charge in [0.05, 0.1) is 5.60 Å². The molecular formula is C16H19NO. The molecule has 2 aromatic rings. The maximum absolute atomic E-state index is 10.7. The van der Waals surface area contributed by atoms with Crippen LogP contribution in [0.4, 0.5) is 0 Å². The Morgan fingerprint density at radius 2 is 2.00 bits per heavy atom. The third-order valence-electron chi connectivity index (χ3n) is 3.24. The lowest BCUT2D eigenvalue weighted by atomic mass is 9.86. The van der Waals surface area contributed by atoms with E-state index in [1.54, 1.807) is 12.4 Å². The molecule has 1 heterocycles. The third kappa shape index (κ3) is 2.77. The van der Waals surface area contributed by atoms with Gasteiger partial charge in [0.25, 0.3) is 0 Å². The lowest BCUT2D eigenvalue weighted by molar-refractivity contribution is 0.0568. The zero-order valence-electron chi connectivity index (χ0n) is 11.1. The van der Waals surface area contributed by atoms with E-state index in [-0.39, 0.29) is 0 Å². The van der Waals surface area contributed by atoms with Crippen molar-refractivity contribution in [1.29, 1.82) is 0 Å². The first-order valence-corrected chi connectivity index (χ1v) is 6.18. The highest BCUT2D eigenvalue weighted by Gasteiger charge is 2.25. The van der Waals surface area contributed by atoms with Crippen LogP contribution in [-0.2, 0) is 12.0 Å². The second-order valence-electron chi connectivity index (χ2n) is 5.13. The van der Waals surface area contributed by atoms with Gasteiger partial charge in [-0.2, -0.15) is 0 Å². The zero-order chi connectivity index (χ0) is 13.2. The molecule has 0 amide bonds. The highest BCUT2D eigenvalue weighted by molar-refractivity contribution is 5.35. The Hall–Kier alpha value is -1.67. The van der Waals surface area contributed by atoms with Crippen LogP contribution >= 0.6 is 0 Å². The summed E-state index contributed by atoms with van der Waals surface area (Å²) in [6.07, 6.45) is 4.13. The molecule has 2 rings (SSSR count). The first-order valence-electron chi connectivity index (χ1n) is 6.18. The van der Waals surface area contributed by atoms with E-state index in [0.717, 1.165) is 16.7 Å². The van der Waals surface area contributed by atoms with Crippen molar-refractivity contribution in [3.05, 3.63) is 65.0 Å². The summed E-state index contributed by atoms with van der Waals surface area (Å²) in [5.41, 5.74) is 3.46. The topological polar surface area (TPSA) is 33.1 Å². The largest absolute Gasteiger partial charge is 0.385 e. The molecule has 2 nitrogen and oxygen atoms in total. The summed E-state index contributed by atoms with van der Waals surface area (Å²) in [6, 6.07) is 10.1. The SMILES string of the molecule is Cc1ccc(C)c(C(C)(O)Cc2cccnc2)c1. The summed E-state index contributed by atoms with van der Waals surface area (Å²) in [4.78, 5) is 4.09. The number of rotatable bonds is 3. The van der Waals surface area contributed by atoms with Crippen molar-refractivity contribution in [3.8, 4) is 0 Å². The minimum absolute atomic E-state index is 0.575. The van der Waals surface area contributed by atoms with Gasteiger partial charge in [0, 0.05) is 18.8 Å². The fourth-order valence-corrected chi connectivity index (χ4v) is 2.31. The van der Waals surface area contributed by atoms with E-state index >= 15 is 0 Å². The summed E-state index contributed by atoms with van der Waals surface area (Å²) < 4.78 is 0. The minimum atomic E-state index is -0.862. The molecule has 0 radical (unpaired) electrons. The number of benzene rings is 1. The molecule has 2 heteroatoms. The van der Waals surface area contributed by atoms with Crippen LogP contribution in [0.3, 0.4) is 0 Å². The second kappa shape index (κ2) is 4.91. The lowest BCUT2D eigenvalue weighted by Crippen LogP contribution is -2.25. The fraction of sp³-hybridized carbons (Fsp3) is 0.312. The molecule has 18 heavy (non-hydrogen) atoms. The number of aryl methyl sites for hydroxylation is 2. The zero-order valence-corrected chi connectivity index (χ0v) is 11.1. The molecule has 0 aliphatic rings. The summed E-state index contributed by atoms with van der Waals surface area (Å²) in [5.74, 6) is 0. The van der Waals surface area contributed by atoms with Gasteiger partial charge >= 0.3 is 0 Å². The Morgan fingerprint density at radius 1 is 1.22 bits per heavy atom. The van der Waals surface area contributed by atoms with Crippen molar-refractivity contribution < 1.29 is 5.11 Å². The molecule has 1 aromatic carbocycles. The molecule has 94 valence electrons. The summed E-state index contributed by atoms with van der Waals surface area (Å²) >= 11 is 0. The Labute approximate surface area is 108 Å². The van der Waals surface area contributed by atoms with Gasteiger partial charge in [-0.3, -0.25) is 4.98 Å². The minimum Gasteiger partial charge on any atom is -0.385 e. The maximum atomic E-state index is 10.7. The van der Waals surface area contributed by atoms with Gasteiger partial charge < -0.3 is 5.11 Å². The molecule has 1 aromatic heterocycles. The van der Waals surface area contributed by atoms with Crippen LogP contribution in [0.1, 0.15) is 29.2 Å². The van der Waals surface area contributed by atoms with Crippen molar-refractivity contribution in [1.82, 2.24) is 4.98 Å². The molecule has 1 unspecified atom stereocenters. The van der Waals surface area contributed by atoms with Crippen LogP contribution in [0.25, 0.3) is 0 Å². The fourth-order valence-electron chi connectivity index (χ4n) is 2.31. The number of pyridine rings is 1. The highest BCUT2D eigenvalue weighted by atomic mass is 16.3. The molecule has 0 fully saturated rings. The molecule has 0 spiro atoms. The molecule has 0 saturated heterocycles. The monoisotopic (exact) mass is 241 g/mol. The van der Waals surface area contributed by atoms with Crippen LogP contribution in [0.5, 0.6) is 0 Å². The Morgan fingerprint density at radius 3 is 2.67 bits per heavy atom. The maximum Gasteiger partial charge on any atom is 0.0911 e. The smallest absolute Gasteiger partial charge is 0.0911 e. The number of hydrogen-bond donors (Lipinski definition) is 1. The highest BCUT2D eigenvalue weighted by Crippen LogP contribution is 2.28. The number of nitrogens with zero attached hydrogens (tertiary/aromatic N) is 1. The summed E-state index contributed by atoms with van der Waals surface area (Å²) in [5, 5.41) is 10.7. The number of aliphatic hydroxyl groups is 1. The van der Waals surface area contributed by atoms with E-state index in [2.05, 4.69) is 23.2 Å². The quantitative estimate of drug-likeness (QED) is 0.895. The molecule has 1 N–H and O–H groups in total. The van der Waals surface area contributed by atoms with Crippen molar-refractivity contribution >= 4 is 0 Å². The summed E-state index contributed by atoms with van der Waals surface area (Å²) in [6.45, 7) is 5.94. The van der Waals surface area contributed by atoms with Gasteiger partial charge in [0.1, 0.15) is 0 Å². The average Bonchev–Trinajstić information content (AvgIpc) is 2.33. The molecule has 0 saturated carbocycles. The first kappa shape index (κ1) is 12.8. The molecule has 0 aliphatic heterocycles. The van der Waals surface area contributed by atoms with Gasteiger partial charge in [-0.05, 0) is 43.5 Å². The van der Waals surface area contributed by atoms with Gasteiger partial charge in [-0.15, -0.1) is 0 Å². The number of aromatic nitrogens is 1. The second-order valence-corrected chi connectivity index (χ2v) is 5.13. The normalized spacial score (nSPS) is 14.2. The van der Waals surface area contributed by atoms with Crippen LogP contribution in [0.15, 0.2) is 42.7 Å². The van der Waals surface area contributed by atoms with Crippen LogP contribution in [0.2, 0.25) is 0 Å². The molecule has 0 bridgehead atoms. The number of hydrogen-bond acceptors (Lipinski definition) is 2. The Kier molecular flexibility index (Phi) is 3.48. The van der Waals surface area contributed by atoms with Crippen molar-refractivity contribution in [2.75, 3.05) is 0 Å². The van der Waals surface area contributed by atoms with Crippen LogP contribution < -0.4 is 0 Å². The van der Waals surface area contributed by atoms with Gasteiger partial charge in [0.2, 0.25) is 0 Å². The molecule has 0 aliphatic carbocycles. The van der Waals surface area contributed by atoms with E-state index in [4.69, 9.17) is 0 Å². The van der Waals surface area contributed by atoms with E-state index in [9.17, 15) is 5.11 Å². The molecular weight excluding hydrogens is 222 g/mol. The third-order valence-corrected chi connectivity index (χ3v) is 3.24. The summed E-state index contributed by atoms with van der Waals surface area (Å²) in [7, 11) is 0. The van der Waals surface area contributed by atoms with Gasteiger partial charge in [-0.1, -0.05) is 29.8 Å². The first-order chi connectivity index (χ1) is 8.49. The average molecular weight is 241 g/mol. The van der Waals surface area contributed by atoms with Gasteiger partial charge in [0.15, 0.2) is 0 Å². The van der Waals surface area contributed by atoms with Crippen LogP contribution in [0, 0.1) is 13.8 Å². The van der Waals surface area contributed by atoms with Crippen molar-refractivity contribution in [3.63, 3.8) is 0 Å². The van der Waals surface area contributed by atoms with Crippen molar-refractivity contribution in [2.45, 2.75) is 32.8 Å². The standard InChI is InChI=1S/C16H19NO/c1-12-6-7-13(2)15(9-12)16(3,18)10-14-5-4-8-17-11-14/h4-9,11,18H,10H2,1-3H3. The van der Waals surface area contributed by atoms with Crippen LogP contribution in [-0.4, -0.2) is 10.1 Å². The predicted octanol–water partition coefficient (Wildman–Crippen LogP) is 3.15. The Balaban J connectivity index is 2.33. The van der Waals surface area contributed by atoms with E-state index < -0.39 is 5.60 Å². The van der Waals surface area contributed by atoms with Gasteiger partial charge in [-0.25, -0.2) is 0 Å².